The molecule has 0 bridgehead atoms. The molecule has 24 heavy (non-hydrogen) atoms. The molecule has 0 aromatic heterocycles. The van der Waals surface area contributed by atoms with Crippen LogP contribution in [0.25, 0.3) is 0 Å². The lowest BCUT2D eigenvalue weighted by molar-refractivity contribution is -0.132. The second-order valence-electron chi connectivity index (χ2n) is 6.76. The van der Waals surface area contributed by atoms with Crippen LogP contribution in [-0.4, -0.2) is 29.0 Å². The number of phenols is 1. The van der Waals surface area contributed by atoms with Gasteiger partial charge in [-0.25, -0.2) is 0 Å². The van der Waals surface area contributed by atoms with Crippen molar-refractivity contribution in [2.24, 2.45) is 0 Å². The van der Waals surface area contributed by atoms with Gasteiger partial charge >= 0.3 is 0 Å². The van der Waals surface area contributed by atoms with Crippen LogP contribution in [0, 0.1) is 0 Å². The monoisotopic (exact) mass is 323 g/mol. The maximum absolute atomic E-state index is 12.6. The van der Waals surface area contributed by atoms with Gasteiger partial charge in [0, 0.05) is 19.5 Å². The number of piperidine rings is 1. The summed E-state index contributed by atoms with van der Waals surface area (Å²) in [5.74, 6) is 1.31. The molecule has 3 heteroatoms. The molecule has 3 nitrogen and oxygen atoms in total. The van der Waals surface area contributed by atoms with Crippen LogP contribution in [0.15, 0.2) is 54.6 Å². The number of amides is 1. The lowest BCUT2D eigenvalue weighted by Crippen LogP contribution is -2.38. The highest BCUT2D eigenvalue weighted by Gasteiger charge is 2.24. The van der Waals surface area contributed by atoms with Gasteiger partial charge < -0.3 is 10.0 Å². The van der Waals surface area contributed by atoms with Gasteiger partial charge in [0.15, 0.2) is 0 Å². The summed E-state index contributed by atoms with van der Waals surface area (Å²) < 4.78 is 0. The van der Waals surface area contributed by atoms with Crippen LogP contribution in [0.5, 0.6) is 5.75 Å². The van der Waals surface area contributed by atoms with Gasteiger partial charge in [0.1, 0.15) is 5.75 Å². The van der Waals surface area contributed by atoms with E-state index in [1.54, 1.807) is 12.1 Å². The minimum Gasteiger partial charge on any atom is -0.508 e. The van der Waals surface area contributed by atoms with Crippen molar-refractivity contribution in [1.29, 1.82) is 0 Å². The van der Waals surface area contributed by atoms with E-state index in [-0.39, 0.29) is 11.8 Å². The standard InChI is InChI=1S/C21H25NO2/c1-16(17-5-3-2-4-6-17)15-21(24)22-13-11-19(12-14-22)18-7-9-20(23)10-8-18/h2-10,16,19,23H,11-15H2,1H3. The van der Waals surface area contributed by atoms with E-state index < -0.39 is 0 Å². The Kier molecular flexibility index (Phi) is 5.19. The van der Waals surface area contributed by atoms with E-state index in [1.165, 1.54) is 11.1 Å². The van der Waals surface area contributed by atoms with Gasteiger partial charge in [0.2, 0.25) is 5.91 Å². The van der Waals surface area contributed by atoms with Gasteiger partial charge in [-0.1, -0.05) is 49.4 Å². The number of hydrogen-bond donors (Lipinski definition) is 1. The van der Waals surface area contributed by atoms with Crippen molar-refractivity contribution in [3.63, 3.8) is 0 Å². The summed E-state index contributed by atoms with van der Waals surface area (Å²) in [6.07, 6.45) is 2.57. The number of nitrogens with zero attached hydrogens (tertiary/aromatic N) is 1. The molecule has 126 valence electrons. The molecule has 3 rings (SSSR count). The first-order valence-electron chi connectivity index (χ1n) is 8.75. The molecule has 1 atom stereocenters. The van der Waals surface area contributed by atoms with Crippen LogP contribution in [0.2, 0.25) is 0 Å². The molecular weight excluding hydrogens is 298 g/mol. The third-order valence-electron chi connectivity index (χ3n) is 5.06. The molecule has 1 heterocycles. The zero-order valence-corrected chi connectivity index (χ0v) is 14.2. The molecule has 1 saturated heterocycles. The molecule has 1 unspecified atom stereocenters. The maximum atomic E-state index is 12.6. The van der Waals surface area contributed by atoms with Crippen molar-refractivity contribution in [3.05, 3.63) is 65.7 Å². The van der Waals surface area contributed by atoms with Gasteiger partial charge in [-0.15, -0.1) is 0 Å². The van der Waals surface area contributed by atoms with E-state index in [9.17, 15) is 9.90 Å². The van der Waals surface area contributed by atoms with Gasteiger partial charge in [0.25, 0.3) is 0 Å². The fourth-order valence-electron chi connectivity index (χ4n) is 3.50. The topological polar surface area (TPSA) is 40.5 Å². The first-order chi connectivity index (χ1) is 11.6. The van der Waals surface area contributed by atoms with E-state index >= 15 is 0 Å². The number of carbonyl (C=O) groups excluding carboxylic acids is 1. The van der Waals surface area contributed by atoms with E-state index in [4.69, 9.17) is 0 Å². The molecule has 0 radical (unpaired) electrons. The Balaban J connectivity index is 1.52. The second-order valence-corrected chi connectivity index (χ2v) is 6.76. The number of hydrogen-bond acceptors (Lipinski definition) is 2. The van der Waals surface area contributed by atoms with Crippen molar-refractivity contribution in [1.82, 2.24) is 4.90 Å². The smallest absolute Gasteiger partial charge is 0.223 e. The molecule has 1 aliphatic rings. The van der Waals surface area contributed by atoms with Crippen molar-refractivity contribution in [2.75, 3.05) is 13.1 Å². The van der Waals surface area contributed by atoms with Crippen molar-refractivity contribution in [3.8, 4) is 5.75 Å². The number of carbonyl (C=O) groups is 1. The van der Waals surface area contributed by atoms with Gasteiger partial charge in [0.05, 0.1) is 0 Å². The quantitative estimate of drug-likeness (QED) is 0.911. The van der Waals surface area contributed by atoms with Crippen molar-refractivity contribution >= 4 is 5.91 Å². The molecule has 1 amide bonds. The van der Waals surface area contributed by atoms with Crippen LogP contribution >= 0.6 is 0 Å². The summed E-state index contributed by atoms with van der Waals surface area (Å²) in [6.45, 7) is 3.77. The molecular formula is C21H25NO2. The average molecular weight is 323 g/mol. The summed E-state index contributed by atoms with van der Waals surface area (Å²) in [4.78, 5) is 14.6. The average Bonchev–Trinajstić information content (AvgIpc) is 2.63. The van der Waals surface area contributed by atoms with Crippen LogP contribution < -0.4 is 0 Å². The SMILES string of the molecule is CC(CC(=O)N1CCC(c2ccc(O)cc2)CC1)c1ccccc1. The van der Waals surface area contributed by atoms with Crippen molar-refractivity contribution < 1.29 is 9.90 Å². The first kappa shape index (κ1) is 16.6. The molecule has 0 saturated carbocycles. The molecule has 0 spiro atoms. The molecule has 2 aromatic carbocycles. The molecule has 2 aromatic rings. The number of aromatic hydroxyl groups is 1. The number of benzene rings is 2. The third kappa shape index (κ3) is 3.97. The van der Waals surface area contributed by atoms with E-state index in [0.717, 1.165) is 25.9 Å². The van der Waals surface area contributed by atoms with Crippen LogP contribution in [0.3, 0.4) is 0 Å². The van der Waals surface area contributed by atoms with E-state index in [2.05, 4.69) is 19.1 Å². The Labute approximate surface area is 143 Å². The van der Waals surface area contributed by atoms with Crippen LogP contribution in [0.4, 0.5) is 0 Å². The van der Waals surface area contributed by atoms with Gasteiger partial charge in [-0.3, -0.25) is 4.79 Å². The zero-order valence-electron chi connectivity index (χ0n) is 14.2. The highest BCUT2D eigenvalue weighted by Crippen LogP contribution is 2.30. The molecule has 1 N–H and O–H groups in total. The third-order valence-corrected chi connectivity index (χ3v) is 5.06. The first-order valence-corrected chi connectivity index (χ1v) is 8.75. The summed E-state index contributed by atoms with van der Waals surface area (Å²) in [6, 6.07) is 17.7. The highest BCUT2D eigenvalue weighted by atomic mass is 16.3. The van der Waals surface area contributed by atoms with E-state index in [0.29, 0.717) is 18.1 Å². The maximum Gasteiger partial charge on any atom is 0.223 e. The largest absolute Gasteiger partial charge is 0.508 e. The Morgan fingerprint density at radius 2 is 1.71 bits per heavy atom. The fourth-order valence-corrected chi connectivity index (χ4v) is 3.50. The fraction of sp³-hybridized carbons (Fsp3) is 0.381. The lowest BCUT2D eigenvalue weighted by Gasteiger charge is -2.33. The molecule has 1 fully saturated rings. The number of likely N-dealkylation sites (tertiary alicyclic amines) is 1. The Bertz CT molecular complexity index is 658. The Morgan fingerprint density at radius 1 is 1.08 bits per heavy atom. The van der Waals surface area contributed by atoms with Gasteiger partial charge in [-0.2, -0.15) is 0 Å². The van der Waals surface area contributed by atoms with Crippen LogP contribution in [0.1, 0.15) is 49.1 Å². The highest BCUT2D eigenvalue weighted by molar-refractivity contribution is 5.77. The van der Waals surface area contributed by atoms with Crippen molar-refractivity contribution in [2.45, 2.75) is 38.0 Å². The summed E-state index contributed by atoms with van der Waals surface area (Å²) in [5, 5.41) is 9.39. The predicted octanol–water partition coefficient (Wildman–Crippen LogP) is 4.29. The summed E-state index contributed by atoms with van der Waals surface area (Å²) >= 11 is 0. The Hall–Kier alpha value is -2.29. The zero-order chi connectivity index (χ0) is 16.9. The van der Waals surface area contributed by atoms with Gasteiger partial charge in [-0.05, 0) is 47.9 Å². The lowest BCUT2D eigenvalue weighted by atomic mass is 9.89. The minimum absolute atomic E-state index is 0.258. The van der Waals surface area contributed by atoms with Crippen LogP contribution in [-0.2, 0) is 4.79 Å². The molecule has 1 aliphatic heterocycles. The number of phenolic OH excluding ortho intramolecular Hbond substituents is 1. The van der Waals surface area contributed by atoms with E-state index in [1.807, 2.05) is 35.2 Å². The Morgan fingerprint density at radius 3 is 2.33 bits per heavy atom. The molecule has 0 aliphatic carbocycles. The normalized spacial score (nSPS) is 16.8. The predicted molar refractivity (Wildman–Crippen MR) is 96.1 cm³/mol. The minimum atomic E-state index is 0.258. The second kappa shape index (κ2) is 7.52. The number of rotatable bonds is 4. The summed E-state index contributed by atoms with van der Waals surface area (Å²) in [5.41, 5.74) is 2.49. The summed E-state index contributed by atoms with van der Waals surface area (Å²) in [7, 11) is 0.